The third-order valence-electron chi connectivity index (χ3n) is 5.28. The molecule has 2 aliphatic heterocycles. The number of carbonyl (C=O) groups excluding carboxylic acids is 2. The molecule has 9 heteroatoms. The number of carbonyl (C=O) groups is 2. The first kappa shape index (κ1) is 21.9. The van der Waals surface area contributed by atoms with Gasteiger partial charge >= 0.3 is 0 Å². The summed E-state index contributed by atoms with van der Waals surface area (Å²) in [4.78, 5) is 37.8. The summed E-state index contributed by atoms with van der Waals surface area (Å²) in [5.41, 5.74) is 2.50. The van der Waals surface area contributed by atoms with E-state index in [0.29, 0.717) is 28.3 Å². The summed E-state index contributed by atoms with van der Waals surface area (Å²) in [6.45, 7) is 0.445. The molecule has 3 aromatic rings. The molecule has 1 aromatic heterocycles. The van der Waals surface area contributed by atoms with Crippen LogP contribution in [-0.2, 0) is 21.9 Å². The van der Waals surface area contributed by atoms with Gasteiger partial charge in [-0.1, -0.05) is 59.8 Å². The lowest BCUT2D eigenvalue weighted by molar-refractivity contribution is -0.128. The van der Waals surface area contributed by atoms with Crippen LogP contribution in [0.2, 0.25) is 5.02 Å². The van der Waals surface area contributed by atoms with Gasteiger partial charge in [-0.05, 0) is 35.2 Å². The van der Waals surface area contributed by atoms with Crippen molar-refractivity contribution in [3.63, 3.8) is 0 Å². The first-order chi connectivity index (χ1) is 16.1. The smallest absolute Gasteiger partial charge is 0.259 e. The van der Waals surface area contributed by atoms with Gasteiger partial charge in [0.25, 0.3) is 5.91 Å². The van der Waals surface area contributed by atoms with E-state index in [2.05, 4.69) is 10.3 Å². The molecule has 0 fully saturated rings. The molecule has 166 valence electrons. The second-order valence-corrected chi connectivity index (χ2v) is 9.88. The lowest BCUT2D eigenvalue weighted by Crippen LogP contribution is -2.42. The van der Waals surface area contributed by atoms with Crippen LogP contribution >= 0.6 is 34.7 Å². The highest BCUT2D eigenvalue weighted by Gasteiger charge is 2.42. The fraction of sp³-hybridized carbons (Fsp3) is 0.167. The number of thiophene rings is 1. The molecule has 6 nitrogen and oxygen atoms in total. The van der Waals surface area contributed by atoms with E-state index in [9.17, 15) is 9.59 Å². The number of para-hydroxylation sites is 1. The van der Waals surface area contributed by atoms with Crippen molar-refractivity contribution in [3.05, 3.63) is 87.1 Å². The fourth-order valence-corrected chi connectivity index (χ4v) is 5.57. The van der Waals surface area contributed by atoms with Gasteiger partial charge in [0.05, 0.1) is 18.7 Å². The van der Waals surface area contributed by atoms with Gasteiger partial charge in [-0.2, -0.15) is 0 Å². The third-order valence-corrected chi connectivity index (χ3v) is 7.51. The Hall–Kier alpha value is -2.94. The molecule has 0 saturated heterocycles. The Morgan fingerprint density at radius 2 is 1.94 bits per heavy atom. The van der Waals surface area contributed by atoms with Gasteiger partial charge in [-0.15, -0.1) is 11.3 Å². The van der Waals surface area contributed by atoms with E-state index in [1.807, 2.05) is 66.0 Å². The summed E-state index contributed by atoms with van der Waals surface area (Å²) in [6.07, 6.45) is -0.00512. The number of nitrogens with one attached hydrogen (secondary N) is 1. The number of hydrogen-bond donors (Lipinski definition) is 1. The number of rotatable bonds is 6. The van der Waals surface area contributed by atoms with Gasteiger partial charge in [0, 0.05) is 21.2 Å². The number of nitrogens with zero attached hydrogens (tertiary/aromatic N) is 3. The maximum absolute atomic E-state index is 13.3. The largest absolute Gasteiger partial charge is 0.351 e. The number of aliphatic imine (C=N–C) groups is 2. The Balaban J connectivity index is 1.36. The molecule has 0 radical (unpaired) electrons. The molecule has 5 rings (SSSR count). The lowest BCUT2D eigenvalue weighted by Gasteiger charge is -2.25. The van der Waals surface area contributed by atoms with Gasteiger partial charge in [0.15, 0.2) is 5.17 Å². The lowest BCUT2D eigenvalue weighted by atomic mass is 10.1. The van der Waals surface area contributed by atoms with E-state index < -0.39 is 6.04 Å². The molecule has 0 spiro atoms. The predicted octanol–water partition coefficient (Wildman–Crippen LogP) is 5.00. The van der Waals surface area contributed by atoms with Gasteiger partial charge in [0.1, 0.15) is 11.9 Å². The zero-order valence-corrected chi connectivity index (χ0v) is 19.8. The van der Waals surface area contributed by atoms with Crippen molar-refractivity contribution in [2.45, 2.75) is 24.8 Å². The van der Waals surface area contributed by atoms with Gasteiger partial charge in [-0.25, -0.2) is 9.89 Å². The van der Waals surface area contributed by atoms with E-state index in [0.717, 1.165) is 21.7 Å². The van der Waals surface area contributed by atoms with Crippen molar-refractivity contribution in [3.8, 4) is 0 Å². The van der Waals surface area contributed by atoms with E-state index in [1.165, 1.54) is 11.8 Å². The highest BCUT2D eigenvalue weighted by atomic mass is 35.5. The van der Waals surface area contributed by atoms with Crippen LogP contribution < -0.4 is 5.32 Å². The fourth-order valence-electron chi connectivity index (χ4n) is 3.64. The van der Waals surface area contributed by atoms with Crippen LogP contribution in [0.4, 0.5) is 5.69 Å². The van der Waals surface area contributed by atoms with Crippen LogP contribution in [0.15, 0.2) is 76.0 Å². The number of fused-ring (bicyclic) bond motifs is 3. The number of hydrogen-bond acceptors (Lipinski definition) is 6. The average Bonchev–Trinajstić information content (AvgIpc) is 3.46. The van der Waals surface area contributed by atoms with Crippen LogP contribution in [0.25, 0.3) is 0 Å². The number of thioether (sulfide) groups is 1. The molecule has 3 heterocycles. The maximum Gasteiger partial charge on any atom is 0.259 e. The van der Waals surface area contributed by atoms with Crippen molar-refractivity contribution in [1.29, 1.82) is 0 Å². The molecule has 1 atom stereocenters. The van der Waals surface area contributed by atoms with Gasteiger partial charge in [0.2, 0.25) is 5.91 Å². The summed E-state index contributed by atoms with van der Waals surface area (Å²) in [5.74, 6) is 0.657. The van der Waals surface area contributed by atoms with Crippen LogP contribution in [0.3, 0.4) is 0 Å². The summed E-state index contributed by atoms with van der Waals surface area (Å²) in [7, 11) is 0. The summed E-state index contributed by atoms with van der Waals surface area (Å²) >= 11 is 9.31. The Morgan fingerprint density at radius 1 is 1.12 bits per heavy atom. The summed E-state index contributed by atoms with van der Waals surface area (Å²) in [6, 6.07) is 18.3. The molecule has 0 aliphatic carbocycles. The molecule has 0 bridgehead atoms. The molecule has 2 aromatic carbocycles. The quantitative estimate of drug-likeness (QED) is 0.524. The minimum atomic E-state index is -0.777. The van der Waals surface area contributed by atoms with E-state index >= 15 is 0 Å². The van der Waals surface area contributed by atoms with Crippen molar-refractivity contribution < 1.29 is 9.59 Å². The van der Waals surface area contributed by atoms with E-state index in [-0.39, 0.29) is 18.2 Å². The van der Waals surface area contributed by atoms with E-state index in [4.69, 9.17) is 16.6 Å². The first-order valence-corrected chi connectivity index (χ1v) is 12.6. The monoisotopic (exact) mass is 494 g/mol. The Labute approximate surface area is 204 Å². The SMILES string of the molecule is O=C(C[C@@H]1N=C2c3ccccc3N=C(SCc3ccccc3Cl)N2C1=O)NCc1cccs1. The van der Waals surface area contributed by atoms with Crippen molar-refractivity contribution in [2.75, 3.05) is 0 Å². The zero-order chi connectivity index (χ0) is 22.8. The molecule has 2 aliphatic rings. The number of halogens is 1. The molecule has 0 saturated carbocycles. The minimum Gasteiger partial charge on any atom is -0.351 e. The summed E-state index contributed by atoms with van der Waals surface area (Å²) < 4.78 is 0. The normalized spacial score (nSPS) is 16.7. The number of amidine groups is 2. The van der Waals surface area contributed by atoms with Gasteiger partial charge < -0.3 is 5.32 Å². The van der Waals surface area contributed by atoms with Crippen LogP contribution in [0.5, 0.6) is 0 Å². The Morgan fingerprint density at radius 3 is 2.76 bits per heavy atom. The Bertz CT molecular complexity index is 1270. The van der Waals surface area contributed by atoms with Crippen molar-refractivity contribution in [2.24, 2.45) is 9.98 Å². The molecular weight excluding hydrogens is 476 g/mol. The van der Waals surface area contributed by atoms with Crippen LogP contribution in [-0.4, -0.2) is 33.8 Å². The standard InChI is InChI=1S/C24H19ClN4O2S2/c25-18-9-3-1-6-15(18)14-33-24-28-19-10-4-2-8-17(19)22-27-20(23(31)29(22)24)12-21(30)26-13-16-7-5-11-32-16/h1-11,20H,12-14H2,(H,26,30)/t20-/m0/s1. The second kappa shape index (κ2) is 9.51. The molecule has 33 heavy (non-hydrogen) atoms. The van der Waals surface area contributed by atoms with Crippen molar-refractivity contribution >= 4 is 63.2 Å². The average molecular weight is 495 g/mol. The molecule has 0 unspecified atom stereocenters. The maximum atomic E-state index is 13.3. The first-order valence-electron chi connectivity index (χ1n) is 10.4. The molecule has 1 N–H and O–H groups in total. The molecular formula is C24H19ClN4O2S2. The topological polar surface area (TPSA) is 74.1 Å². The highest BCUT2D eigenvalue weighted by molar-refractivity contribution is 8.13. The number of amides is 2. The Kier molecular flexibility index (Phi) is 6.30. The predicted molar refractivity (Wildman–Crippen MR) is 134 cm³/mol. The molecule has 2 amide bonds. The number of benzene rings is 2. The van der Waals surface area contributed by atoms with E-state index in [1.54, 1.807) is 16.2 Å². The van der Waals surface area contributed by atoms with Crippen LogP contribution in [0.1, 0.15) is 22.4 Å². The third kappa shape index (κ3) is 4.59. The summed E-state index contributed by atoms with van der Waals surface area (Å²) in [5, 5.41) is 6.05. The highest BCUT2D eigenvalue weighted by Crippen LogP contribution is 2.35. The van der Waals surface area contributed by atoms with Crippen LogP contribution in [0, 0.1) is 0 Å². The zero-order valence-electron chi connectivity index (χ0n) is 17.4. The minimum absolute atomic E-state index is 0.00512. The second-order valence-electron chi connectivity index (χ2n) is 7.49. The van der Waals surface area contributed by atoms with Crippen molar-refractivity contribution in [1.82, 2.24) is 10.2 Å². The van der Waals surface area contributed by atoms with Gasteiger partial charge in [-0.3, -0.25) is 14.6 Å².